The lowest BCUT2D eigenvalue weighted by atomic mass is 9.92. The monoisotopic (exact) mass is 329 g/mol. The number of carbonyl (C=O) groups is 2. The first-order valence-corrected chi connectivity index (χ1v) is 7.82. The van der Waals surface area contributed by atoms with Gasteiger partial charge in [-0.2, -0.15) is 0 Å². The molecular weight excluding hydrogens is 310 g/mol. The quantitative estimate of drug-likeness (QED) is 0.870. The van der Waals surface area contributed by atoms with Crippen LogP contribution in [0.25, 0.3) is 0 Å². The van der Waals surface area contributed by atoms with Crippen LogP contribution in [0, 0.1) is 5.92 Å². The number of aliphatic hydroxyl groups excluding tert-OH is 1. The molecule has 2 aromatic heterocycles. The SMILES string of the molecule is O=C(N[C@@H]1CCN(C(=O)c2ccoc2)C[C@@H]1CO)c1cccnc1. The Morgan fingerprint density at radius 3 is 2.92 bits per heavy atom. The summed E-state index contributed by atoms with van der Waals surface area (Å²) in [6.07, 6.45) is 6.55. The van der Waals surface area contributed by atoms with Crippen molar-refractivity contribution in [3.8, 4) is 0 Å². The van der Waals surface area contributed by atoms with Gasteiger partial charge < -0.3 is 19.7 Å². The Hall–Kier alpha value is -2.67. The third kappa shape index (κ3) is 3.46. The number of carbonyl (C=O) groups excluding carboxylic acids is 2. The number of aliphatic hydroxyl groups is 1. The van der Waals surface area contributed by atoms with E-state index in [0.29, 0.717) is 30.6 Å². The molecule has 0 saturated carbocycles. The summed E-state index contributed by atoms with van der Waals surface area (Å²) in [6, 6.07) is 4.82. The highest BCUT2D eigenvalue weighted by Crippen LogP contribution is 2.20. The number of pyridine rings is 1. The highest BCUT2D eigenvalue weighted by molar-refractivity contribution is 5.94. The highest BCUT2D eigenvalue weighted by Gasteiger charge is 2.32. The summed E-state index contributed by atoms with van der Waals surface area (Å²) in [4.78, 5) is 30.2. The minimum Gasteiger partial charge on any atom is -0.472 e. The van der Waals surface area contributed by atoms with E-state index in [2.05, 4.69) is 10.3 Å². The number of rotatable bonds is 4. The topological polar surface area (TPSA) is 95.7 Å². The van der Waals surface area contributed by atoms with E-state index < -0.39 is 0 Å². The Labute approximate surface area is 139 Å². The largest absolute Gasteiger partial charge is 0.472 e. The molecule has 2 amide bonds. The lowest BCUT2D eigenvalue weighted by Gasteiger charge is -2.38. The van der Waals surface area contributed by atoms with E-state index in [0.717, 1.165) is 0 Å². The van der Waals surface area contributed by atoms with Crippen molar-refractivity contribution in [1.82, 2.24) is 15.2 Å². The number of nitrogens with one attached hydrogen (secondary N) is 1. The third-order valence-corrected chi connectivity index (χ3v) is 4.26. The summed E-state index contributed by atoms with van der Waals surface area (Å²) >= 11 is 0. The molecule has 126 valence electrons. The van der Waals surface area contributed by atoms with Crippen molar-refractivity contribution in [3.63, 3.8) is 0 Å². The number of amides is 2. The lowest BCUT2D eigenvalue weighted by molar-refractivity contribution is 0.0533. The molecule has 0 spiro atoms. The maximum Gasteiger partial charge on any atom is 0.257 e. The Morgan fingerprint density at radius 1 is 1.38 bits per heavy atom. The highest BCUT2D eigenvalue weighted by atomic mass is 16.3. The van der Waals surface area contributed by atoms with Gasteiger partial charge in [-0.3, -0.25) is 14.6 Å². The van der Waals surface area contributed by atoms with E-state index in [-0.39, 0.29) is 30.4 Å². The Balaban J connectivity index is 1.63. The van der Waals surface area contributed by atoms with E-state index in [1.807, 2.05) is 0 Å². The minimum atomic E-state index is -0.221. The second-order valence-electron chi connectivity index (χ2n) is 5.82. The van der Waals surface area contributed by atoms with Gasteiger partial charge in [0.1, 0.15) is 6.26 Å². The van der Waals surface area contributed by atoms with Crippen molar-refractivity contribution in [2.45, 2.75) is 12.5 Å². The first-order chi connectivity index (χ1) is 11.7. The zero-order chi connectivity index (χ0) is 16.9. The summed E-state index contributed by atoms with van der Waals surface area (Å²) in [5, 5.41) is 12.6. The fourth-order valence-corrected chi connectivity index (χ4v) is 2.91. The van der Waals surface area contributed by atoms with Crippen LogP contribution in [0.1, 0.15) is 27.1 Å². The van der Waals surface area contributed by atoms with Gasteiger partial charge in [0.25, 0.3) is 11.8 Å². The van der Waals surface area contributed by atoms with Gasteiger partial charge in [-0.1, -0.05) is 0 Å². The van der Waals surface area contributed by atoms with Crippen molar-refractivity contribution in [2.24, 2.45) is 5.92 Å². The number of likely N-dealkylation sites (tertiary alicyclic amines) is 1. The van der Waals surface area contributed by atoms with E-state index in [1.54, 1.807) is 29.3 Å². The molecule has 1 fully saturated rings. The van der Waals surface area contributed by atoms with Gasteiger partial charge in [0.2, 0.25) is 0 Å². The van der Waals surface area contributed by atoms with Gasteiger partial charge in [0.15, 0.2) is 0 Å². The van der Waals surface area contributed by atoms with E-state index >= 15 is 0 Å². The van der Waals surface area contributed by atoms with E-state index in [9.17, 15) is 14.7 Å². The molecule has 7 heteroatoms. The number of aromatic nitrogens is 1. The molecule has 2 aromatic rings. The molecule has 0 aliphatic carbocycles. The molecule has 0 aromatic carbocycles. The second kappa shape index (κ2) is 7.27. The van der Waals surface area contributed by atoms with Crippen LogP contribution in [0.3, 0.4) is 0 Å². The average Bonchev–Trinajstić information content (AvgIpc) is 3.16. The van der Waals surface area contributed by atoms with Crippen molar-refractivity contribution < 1.29 is 19.1 Å². The molecule has 0 radical (unpaired) electrons. The average molecular weight is 329 g/mol. The van der Waals surface area contributed by atoms with Crippen molar-refractivity contribution in [2.75, 3.05) is 19.7 Å². The summed E-state index contributed by atoms with van der Waals surface area (Å²) in [5.41, 5.74) is 0.968. The van der Waals surface area contributed by atoms with Crippen molar-refractivity contribution >= 4 is 11.8 Å². The zero-order valence-electron chi connectivity index (χ0n) is 13.1. The standard InChI is InChI=1S/C17H19N3O4/c21-10-14-9-20(17(23)13-4-7-24-11-13)6-3-15(14)19-16(22)12-2-1-5-18-8-12/h1-2,4-5,7-8,11,14-15,21H,3,6,9-10H2,(H,19,22)/t14-,15-/m1/s1. The Kier molecular flexibility index (Phi) is 4.90. The van der Waals surface area contributed by atoms with Gasteiger partial charge in [0.05, 0.1) is 17.4 Å². The van der Waals surface area contributed by atoms with Crippen LogP contribution in [0.15, 0.2) is 47.5 Å². The molecule has 2 atom stereocenters. The summed E-state index contributed by atoms with van der Waals surface area (Å²) < 4.78 is 4.94. The Morgan fingerprint density at radius 2 is 2.25 bits per heavy atom. The molecule has 3 heterocycles. The van der Waals surface area contributed by atoms with Crippen LogP contribution in [0.4, 0.5) is 0 Å². The molecule has 1 saturated heterocycles. The third-order valence-electron chi connectivity index (χ3n) is 4.26. The van der Waals surface area contributed by atoms with Crippen molar-refractivity contribution in [3.05, 3.63) is 54.2 Å². The van der Waals surface area contributed by atoms with Gasteiger partial charge in [-0.25, -0.2) is 0 Å². The number of nitrogens with zero attached hydrogens (tertiary/aromatic N) is 2. The van der Waals surface area contributed by atoms with E-state index in [4.69, 9.17) is 4.42 Å². The fraction of sp³-hybridized carbons (Fsp3) is 0.353. The first-order valence-electron chi connectivity index (χ1n) is 7.82. The van der Waals surface area contributed by atoms with Crippen LogP contribution in [-0.2, 0) is 0 Å². The van der Waals surface area contributed by atoms with Crippen LogP contribution in [-0.4, -0.2) is 52.5 Å². The van der Waals surface area contributed by atoms with Crippen molar-refractivity contribution in [1.29, 1.82) is 0 Å². The molecule has 1 aliphatic rings. The first kappa shape index (κ1) is 16.2. The normalized spacial score (nSPS) is 20.6. The van der Waals surface area contributed by atoms with Crippen LogP contribution < -0.4 is 5.32 Å². The minimum absolute atomic E-state index is 0.104. The summed E-state index contributed by atoms with van der Waals surface area (Å²) in [7, 11) is 0. The van der Waals surface area contributed by atoms with Crippen LogP contribution in [0.5, 0.6) is 0 Å². The van der Waals surface area contributed by atoms with Gasteiger partial charge in [0, 0.05) is 44.0 Å². The number of hydrogen-bond donors (Lipinski definition) is 2. The molecule has 7 nitrogen and oxygen atoms in total. The smallest absolute Gasteiger partial charge is 0.257 e. The molecule has 1 aliphatic heterocycles. The maximum atomic E-state index is 12.4. The van der Waals surface area contributed by atoms with E-state index in [1.165, 1.54) is 18.7 Å². The maximum absolute atomic E-state index is 12.4. The summed E-state index contributed by atoms with van der Waals surface area (Å²) in [6.45, 7) is 0.796. The number of furan rings is 1. The van der Waals surface area contributed by atoms with Gasteiger partial charge in [-0.15, -0.1) is 0 Å². The zero-order valence-corrected chi connectivity index (χ0v) is 13.1. The van der Waals surface area contributed by atoms with Gasteiger partial charge in [-0.05, 0) is 24.6 Å². The molecule has 2 N–H and O–H groups in total. The molecule has 3 rings (SSSR count). The molecule has 0 bridgehead atoms. The Bertz CT molecular complexity index is 687. The van der Waals surface area contributed by atoms with Crippen LogP contribution in [0.2, 0.25) is 0 Å². The molecular formula is C17H19N3O4. The van der Waals surface area contributed by atoms with Crippen LogP contribution >= 0.6 is 0 Å². The number of hydrogen-bond acceptors (Lipinski definition) is 5. The fourth-order valence-electron chi connectivity index (χ4n) is 2.91. The second-order valence-corrected chi connectivity index (χ2v) is 5.82. The summed E-state index contributed by atoms with van der Waals surface area (Å²) in [5.74, 6) is -0.560. The molecule has 24 heavy (non-hydrogen) atoms. The lowest BCUT2D eigenvalue weighted by Crippen LogP contribution is -2.53. The number of piperidine rings is 1. The molecule has 0 unspecified atom stereocenters. The van der Waals surface area contributed by atoms with Gasteiger partial charge >= 0.3 is 0 Å². The predicted octanol–water partition coefficient (Wildman–Crippen LogP) is 0.928. The predicted molar refractivity (Wildman–Crippen MR) is 85.3 cm³/mol.